The van der Waals surface area contributed by atoms with Crippen molar-refractivity contribution < 1.29 is 19.1 Å². The Balaban J connectivity index is 3.20. The molecule has 0 radical (unpaired) electrons. The van der Waals surface area contributed by atoms with Crippen LogP contribution in [-0.4, -0.2) is 25.2 Å². The van der Waals surface area contributed by atoms with Crippen LogP contribution in [0, 0.1) is 0 Å². The van der Waals surface area contributed by atoms with Crippen molar-refractivity contribution in [3.8, 4) is 0 Å². The average Bonchev–Trinajstić information content (AvgIpc) is 2.65. The number of esters is 2. The molecule has 4 heteroatoms. The van der Waals surface area contributed by atoms with Crippen LogP contribution in [0.5, 0.6) is 0 Å². The molecule has 0 aromatic carbocycles. The van der Waals surface area contributed by atoms with E-state index in [1.54, 1.807) is 0 Å². The highest BCUT2D eigenvalue weighted by Gasteiger charge is 2.03. The smallest absolute Gasteiger partial charge is 0.305 e. The summed E-state index contributed by atoms with van der Waals surface area (Å²) in [4.78, 5) is 22.9. The van der Waals surface area contributed by atoms with Gasteiger partial charge < -0.3 is 9.47 Å². The number of unbranched alkanes of at least 4 members (excludes halogenated alkanes) is 13. The van der Waals surface area contributed by atoms with Gasteiger partial charge in [0.15, 0.2) is 0 Å². The lowest BCUT2D eigenvalue weighted by Gasteiger charge is -2.05. The van der Waals surface area contributed by atoms with E-state index < -0.39 is 0 Å². The molecule has 0 aromatic heterocycles. The van der Waals surface area contributed by atoms with Crippen LogP contribution in [0.25, 0.3) is 0 Å². The molecule has 0 atom stereocenters. The van der Waals surface area contributed by atoms with Crippen LogP contribution in [0.2, 0.25) is 0 Å². The third-order valence-electron chi connectivity index (χ3n) is 4.83. The molecule has 27 heavy (non-hydrogen) atoms. The molecule has 0 aliphatic heterocycles. The second kappa shape index (κ2) is 21.2. The van der Waals surface area contributed by atoms with Crippen molar-refractivity contribution in [1.29, 1.82) is 0 Å². The summed E-state index contributed by atoms with van der Waals surface area (Å²) >= 11 is 0. The number of hydrogen-bond acceptors (Lipinski definition) is 4. The van der Waals surface area contributed by atoms with E-state index in [0.717, 1.165) is 32.1 Å². The maximum absolute atomic E-state index is 11.7. The Morgan fingerprint density at radius 2 is 0.926 bits per heavy atom. The Labute approximate surface area is 167 Å². The number of hydrogen-bond donors (Lipinski definition) is 0. The normalized spacial score (nSPS) is 10.7. The number of rotatable bonds is 20. The van der Waals surface area contributed by atoms with E-state index in [1.807, 2.05) is 6.92 Å². The molecule has 0 rings (SSSR count). The summed E-state index contributed by atoms with van der Waals surface area (Å²) in [6.45, 7) is 5.15. The van der Waals surface area contributed by atoms with Crippen molar-refractivity contribution in [2.75, 3.05) is 13.2 Å². The van der Waals surface area contributed by atoms with E-state index in [0.29, 0.717) is 26.1 Å². The van der Waals surface area contributed by atoms with Gasteiger partial charge in [-0.15, -0.1) is 0 Å². The van der Waals surface area contributed by atoms with E-state index >= 15 is 0 Å². The van der Waals surface area contributed by atoms with Crippen molar-refractivity contribution >= 4 is 11.9 Å². The number of ether oxygens (including phenoxy) is 2. The Morgan fingerprint density at radius 3 is 1.41 bits per heavy atom. The van der Waals surface area contributed by atoms with Crippen molar-refractivity contribution in [3.05, 3.63) is 0 Å². The molecule has 160 valence electrons. The van der Waals surface area contributed by atoms with Gasteiger partial charge in [-0.25, -0.2) is 0 Å². The Kier molecular flexibility index (Phi) is 20.4. The standard InChI is InChI=1S/C23H44O4/c1-3-5-6-7-12-15-18-21-27-23(25)20-17-14-11-9-8-10-13-16-19-22(24)26-4-2/h3-21H2,1-2H3. The molecule has 0 aliphatic rings. The number of carbonyl (C=O) groups is 2. The second-order valence-corrected chi connectivity index (χ2v) is 7.48. The summed E-state index contributed by atoms with van der Waals surface area (Å²) in [7, 11) is 0. The van der Waals surface area contributed by atoms with Crippen LogP contribution < -0.4 is 0 Å². The fraction of sp³-hybridized carbons (Fsp3) is 0.913. The average molecular weight is 385 g/mol. The molecule has 4 nitrogen and oxygen atoms in total. The van der Waals surface area contributed by atoms with Crippen LogP contribution >= 0.6 is 0 Å². The monoisotopic (exact) mass is 384 g/mol. The van der Waals surface area contributed by atoms with E-state index in [1.165, 1.54) is 64.2 Å². The molecule has 0 amide bonds. The Bertz CT molecular complexity index is 341. The van der Waals surface area contributed by atoms with Gasteiger partial charge in [0.1, 0.15) is 0 Å². The highest BCUT2D eigenvalue weighted by molar-refractivity contribution is 5.69. The molecule has 0 saturated carbocycles. The first kappa shape index (κ1) is 25.9. The zero-order valence-electron chi connectivity index (χ0n) is 18.1. The Hall–Kier alpha value is -1.06. The van der Waals surface area contributed by atoms with E-state index in [4.69, 9.17) is 9.47 Å². The molecule has 0 bridgehead atoms. The highest BCUT2D eigenvalue weighted by atomic mass is 16.5. The Morgan fingerprint density at radius 1 is 0.519 bits per heavy atom. The highest BCUT2D eigenvalue weighted by Crippen LogP contribution is 2.12. The van der Waals surface area contributed by atoms with Gasteiger partial charge in [0, 0.05) is 12.8 Å². The molecule has 0 spiro atoms. The van der Waals surface area contributed by atoms with Gasteiger partial charge in [-0.2, -0.15) is 0 Å². The topological polar surface area (TPSA) is 52.6 Å². The summed E-state index contributed by atoms with van der Waals surface area (Å²) in [6.07, 6.45) is 18.7. The lowest BCUT2D eigenvalue weighted by Crippen LogP contribution is -2.05. The molecule has 0 aromatic rings. The van der Waals surface area contributed by atoms with Crippen molar-refractivity contribution in [3.63, 3.8) is 0 Å². The third-order valence-corrected chi connectivity index (χ3v) is 4.83. The molecule has 0 fully saturated rings. The van der Waals surface area contributed by atoms with Crippen molar-refractivity contribution in [1.82, 2.24) is 0 Å². The summed E-state index contributed by atoms with van der Waals surface area (Å²) in [5, 5.41) is 0. The predicted molar refractivity (Wildman–Crippen MR) is 112 cm³/mol. The van der Waals surface area contributed by atoms with E-state index in [2.05, 4.69) is 6.92 Å². The minimum Gasteiger partial charge on any atom is -0.466 e. The van der Waals surface area contributed by atoms with Gasteiger partial charge in [-0.1, -0.05) is 84.0 Å². The maximum atomic E-state index is 11.7. The maximum Gasteiger partial charge on any atom is 0.305 e. The van der Waals surface area contributed by atoms with Crippen molar-refractivity contribution in [2.24, 2.45) is 0 Å². The number of carbonyl (C=O) groups excluding carboxylic acids is 2. The van der Waals surface area contributed by atoms with Crippen LogP contribution in [0.15, 0.2) is 0 Å². The molecule has 0 N–H and O–H groups in total. The molecular formula is C23H44O4. The molecular weight excluding hydrogens is 340 g/mol. The van der Waals surface area contributed by atoms with E-state index in [9.17, 15) is 9.59 Å². The first-order valence-corrected chi connectivity index (χ1v) is 11.5. The van der Waals surface area contributed by atoms with Gasteiger partial charge in [-0.05, 0) is 26.2 Å². The largest absolute Gasteiger partial charge is 0.466 e. The zero-order valence-corrected chi connectivity index (χ0v) is 18.1. The van der Waals surface area contributed by atoms with Gasteiger partial charge in [0.05, 0.1) is 13.2 Å². The van der Waals surface area contributed by atoms with Gasteiger partial charge >= 0.3 is 11.9 Å². The fourth-order valence-corrected chi connectivity index (χ4v) is 3.15. The third kappa shape index (κ3) is 21.1. The fourth-order valence-electron chi connectivity index (χ4n) is 3.15. The second-order valence-electron chi connectivity index (χ2n) is 7.48. The molecule has 0 unspecified atom stereocenters. The molecule has 0 aliphatic carbocycles. The van der Waals surface area contributed by atoms with Crippen LogP contribution in [0.1, 0.15) is 123 Å². The van der Waals surface area contributed by atoms with Crippen LogP contribution in [-0.2, 0) is 19.1 Å². The minimum absolute atomic E-state index is 0.0278. The summed E-state index contributed by atoms with van der Waals surface area (Å²) in [5.74, 6) is -0.101. The van der Waals surface area contributed by atoms with Gasteiger partial charge in [0.25, 0.3) is 0 Å². The van der Waals surface area contributed by atoms with Crippen molar-refractivity contribution in [2.45, 2.75) is 123 Å². The minimum atomic E-state index is -0.0728. The van der Waals surface area contributed by atoms with Gasteiger partial charge in [-0.3, -0.25) is 9.59 Å². The molecule has 0 heterocycles. The lowest BCUT2D eigenvalue weighted by atomic mass is 10.1. The molecule has 0 saturated heterocycles. The zero-order chi connectivity index (χ0) is 20.0. The van der Waals surface area contributed by atoms with Crippen LogP contribution in [0.3, 0.4) is 0 Å². The van der Waals surface area contributed by atoms with E-state index in [-0.39, 0.29) is 11.9 Å². The quantitative estimate of drug-likeness (QED) is 0.172. The summed E-state index contributed by atoms with van der Waals surface area (Å²) in [5.41, 5.74) is 0. The summed E-state index contributed by atoms with van der Waals surface area (Å²) < 4.78 is 10.2. The summed E-state index contributed by atoms with van der Waals surface area (Å²) in [6, 6.07) is 0. The van der Waals surface area contributed by atoms with Crippen LogP contribution in [0.4, 0.5) is 0 Å². The first-order chi connectivity index (χ1) is 13.2. The lowest BCUT2D eigenvalue weighted by molar-refractivity contribution is -0.144. The predicted octanol–water partition coefficient (Wildman–Crippen LogP) is 6.74. The first-order valence-electron chi connectivity index (χ1n) is 11.5. The van der Waals surface area contributed by atoms with Gasteiger partial charge in [0.2, 0.25) is 0 Å². The SMILES string of the molecule is CCCCCCCCCOC(=O)CCCCCCCCCCC(=O)OCC.